The predicted molar refractivity (Wildman–Crippen MR) is 103 cm³/mol. The molecule has 3 rings (SSSR count). The molecule has 1 aromatic rings. The van der Waals surface area contributed by atoms with Crippen molar-refractivity contribution < 1.29 is 13.2 Å². The van der Waals surface area contributed by atoms with Crippen LogP contribution in [0.3, 0.4) is 0 Å². The van der Waals surface area contributed by atoms with Crippen LogP contribution in [0, 0.1) is 0 Å². The predicted octanol–water partition coefficient (Wildman–Crippen LogP) is 3.97. The summed E-state index contributed by atoms with van der Waals surface area (Å²) in [6.45, 7) is 1.07. The van der Waals surface area contributed by atoms with Crippen molar-refractivity contribution >= 4 is 27.5 Å². The van der Waals surface area contributed by atoms with Gasteiger partial charge >= 0.3 is 0 Å². The summed E-state index contributed by atoms with van der Waals surface area (Å²) in [4.78, 5) is 12.9. The Morgan fingerprint density at radius 2 is 1.62 bits per heavy atom. The van der Waals surface area contributed by atoms with Crippen molar-refractivity contribution in [2.45, 2.75) is 68.7 Å². The molecule has 2 aliphatic rings. The third kappa shape index (κ3) is 4.59. The van der Waals surface area contributed by atoms with Crippen LogP contribution in [-0.4, -0.2) is 37.8 Å². The zero-order chi connectivity index (χ0) is 18.6. The van der Waals surface area contributed by atoms with Crippen molar-refractivity contribution in [2.24, 2.45) is 0 Å². The molecule has 1 N–H and O–H groups in total. The lowest BCUT2D eigenvalue weighted by Gasteiger charge is -2.21. The Morgan fingerprint density at radius 3 is 2.27 bits per heavy atom. The molecule has 0 aromatic heterocycles. The molecule has 0 radical (unpaired) electrons. The minimum atomic E-state index is -3.56. The molecule has 1 saturated heterocycles. The molecule has 0 atom stereocenters. The van der Waals surface area contributed by atoms with Gasteiger partial charge in [0, 0.05) is 19.1 Å². The number of carbonyl (C=O) groups is 1. The summed E-state index contributed by atoms with van der Waals surface area (Å²) in [5, 5.41) is 3.35. The molecule has 1 saturated carbocycles. The highest BCUT2D eigenvalue weighted by molar-refractivity contribution is 7.89. The van der Waals surface area contributed by atoms with Crippen molar-refractivity contribution in [1.29, 1.82) is 0 Å². The van der Waals surface area contributed by atoms with Gasteiger partial charge in [0.25, 0.3) is 5.91 Å². The molecule has 26 heavy (non-hydrogen) atoms. The molecule has 7 heteroatoms. The van der Waals surface area contributed by atoms with Gasteiger partial charge in [0.1, 0.15) is 0 Å². The molecule has 0 bridgehead atoms. The minimum absolute atomic E-state index is 0.137. The summed E-state index contributed by atoms with van der Waals surface area (Å²) >= 11 is 6.21. The van der Waals surface area contributed by atoms with Crippen molar-refractivity contribution in [3.8, 4) is 0 Å². The molecule has 0 spiro atoms. The minimum Gasteiger partial charge on any atom is -0.349 e. The van der Waals surface area contributed by atoms with E-state index in [0.29, 0.717) is 13.1 Å². The third-order valence-corrected chi connectivity index (χ3v) is 7.55. The molecule has 1 aliphatic heterocycles. The normalized spacial score (nSPS) is 20.5. The molecule has 1 amide bonds. The number of hydrogen-bond donors (Lipinski definition) is 1. The number of sulfonamides is 1. The highest BCUT2D eigenvalue weighted by Gasteiger charge is 2.28. The van der Waals surface area contributed by atoms with E-state index < -0.39 is 10.0 Å². The monoisotopic (exact) mass is 398 g/mol. The van der Waals surface area contributed by atoms with Crippen LogP contribution in [0.25, 0.3) is 0 Å². The number of benzene rings is 1. The van der Waals surface area contributed by atoms with E-state index in [1.165, 1.54) is 41.8 Å². The first kappa shape index (κ1) is 19.6. The van der Waals surface area contributed by atoms with Crippen molar-refractivity contribution in [3.63, 3.8) is 0 Å². The maximum absolute atomic E-state index is 12.7. The first-order chi connectivity index (χ1) is 12.5. The van der Waals surface area contributed by atoms with Crippen molar-refractivity contribution in [1.82, 2.24) is 9.62 Å². The van der Waals surface area contributed by atoms with Crippen LogP contribution >= 0.6 is 11.6 Å². The number of carbonyl (C=O) groups excluding carboxylic acids is 1. The largest absolute Gasteiger partial charge is 0.349 e. The fraction of sp³-hybridized carbons (Fsp3) is 0.632. The van der Waals surface area contributed by atoms with E-state index in [1.807, 2.05) is 0 Å². The van der Waals surface area contributed by atoms with Crippen LogP contribution in [0.2, 0.25) is 5.02 Å². The Bertz CT molecular complexity index is 737. The molecule has 1 aromatic carbocycles. The number of nitrogens with zero attached hydrogens (tertiary/aromatic N) is 1. The van der Waals surface area contributed by atoms with Crippen LogP contribution in [0.5, 0.6) is 0 Å². The summed E-state index contributed by atoms with van der Waals surface area (Å²) in [7, 11) is -3.56. The summed E-state index contributed by atoms with van der Waals surface area (Å²) in [5.41, 5.74) is 0.244. The van der Waals surface area contributed by atoms with E-state index >= 15 is 0 Å². The van der Waals surface area contributed by atoms with Gasteiger partial charge in [0.05, 0.1) is 15.5 Å². The van der Waals surface area contributed by atoms with Crippen LogP contribution in [-0.2, 0) is 10.0 Å². The molecule has 0 unspecified atom stereocenters. The van der Waals surface area contributed by atoms with E-state index in [1.54, 1.807) is 0 Å². The topological polar surface area (TPSA) is 66.5 Å². The average molecular weight is 399 g/mol. The molecule has 144 valence electrons. The molecule has 5 nitrogen and oxygen atoms in total. The van der Waals surface area contributed by atoms with Gasteiger partial charge in [0.15, 0.2) is 0 Å². The standard InChI is InChI=1S/C19H27ClN2O3S/c20-18-11-10-16(26(24,25)22-12-6-7-13-22)14-17(18)19(23)21-15-8-4-2-1-3-5-9-15/h10-11,14-15H,1-9,12-13H2,(H,21,23). The lowest BCUT2D eigenvalue weighted by molar-refractivity contribution is 0.0930. The second-order valence-electron chi connectivity index (χ2n) is 7.27. The van der Waals surface area contributed by atoms with Gasteiger partial charge in [-0.05, 0) is 43.9 Å². The van der Waals surface area contributed by atoms with Crippen molar-refractivity contribution in [3.05, 3.63) is 28.8 Å². The summed E-state index contributed by atoms with van der Waals surface area (Å²) in [5.74, 6) is -0.279. The number of hydrogen-bond acceptors (Lipinski definition) is 3. The Hall–Kier alpha value is -1.11. The van der Waals surface area contributed by atoms with E-state index in [-0.39, 0.29) is 27.4 Å². The summed E-state index contributed by atoms with van der Waals surface area (Å²) in [6, 6.07) is 4.56. The maximum atomic E-state index is 12.7. The lowest BCUT2D eigenvalue weighted by atomic mass is 9.96. The second kappa shape index (κ2) is 8.72. The van der Waals surface area contributed by atoms with E-state index in [2.05, 4.69) is 5.32 Å². The quantitative estimate of drug-likeness (QED) is 0.834. The highest BCUT2D eigenvalue weighted by Crippen LogP contribution is 2.26. The van der Waals surface area contributed by atoms with Crippen LogP contribution in [0.4, 0.5) is 0 Å². The number of rotatable bonds is 4. The van der Waals surface area contributed by atoms with Gasteiger partial charge in [-0.3, -0.25) is 4.79 Å². The summed E-state index contributed by atoms with van der Waals surface area (Å²) < 4.78 is 27.0. The van der Waals surface area contributed by atoms with Crippen LogP contribution in [0.15, 0.2) is 23.1 Å². The fourth-order valence-corrected chi connectivity index (χ4v) is 5.53. The van der Waals surface area contributed by atoms with Gasteiger partial charge in [-0.15, -0.1) is 0 Å². The van der Waals surface area contributed by atoms with Gasteiger partial charge in [-0.2, -0.15) is 4.31 Å². The first-order valence-electron chi connectivity index (χ1n) is 9.59. The Labute approximate surface area is 161 Å². The van der Waals surface area contributed by atoms with E-state index in [0.717, 1.165) is 38.5 Å². The van der Waals surface area contributed by atoms with E-state index in [4.69, 9.17) is 11.6 Å². The van der Waals surface area contributed by atoms with Gasteiger partial charge in [0.2, 0.25) is 10.0 Å². The molecular formula is C19H27ClN2O3S. The molecule has 1 aliphatic carbocycles. The lowest BCUT2D eigenvalue weighted by Crippen LogP contribution is -2.35. The smallest absolute Gasteiger partial charge is 0.253 e. The highest BCUT2D eigenvalue weighted by atomic mass is 35.5. The number of nitrogens with one attached hydrogen (secondary N) is 1. The Kier molecular flexibility index (Phi) is 6.59. The Morgan fingerprint density at radius 1 is 1.00 bits per heavy atom. The fourth-order valence-electron chi connectivity index (χ4n) is 3.78. The molecular weight excluding hydrogens is 372 g/mol. The second-order valence-corrected chi connectivity index (χ2v) is 9.61. The average Bonchev–Trinajstić information content (AvgIpc) is 3.12. The number of halogens is 1. The zero-order valence-corrected chi connectivity index (χ0v) is 16.6. The van der Waals surface area contributed by atoms with Crippen LogP contribution < -0.4 is 5.32 Å². The van der Waals surface area contributed by atoms with E-state index in [9.17, 15) is 13.2 Å². The number of amides is 1. The van der Waals surface area contributed by atoms with Crippen LogP contribution in [0.1, 0.15) is 68.1 Å². The SMILES string of the molecule is O=C(NC1CCCCCCC1)c1cc(S(=O)(=O)N2CCCC2)ccc1Cl. The van der Waals surface area contributed by atoms with Gasteiger partial charge < -0.3 is 5.32 Å². The molecule has 1 heterocycles. The third-order valence-electron chi connectivity index (χ3n) is 5.33. The zero-order valence-electron chi connectivity index (χ0n) is 15.0. The van der Waals surface area contributed by atoms with Gasteiger partial charge in [-0.25, -0.2) is 8.42 Å². The maximum Gasteiger partial charge on any atom is 0.253 e. The van der Waals surface area contributed by atoms with Gasteiger partial charge in [-0.1, -0.05) is 43.7 Å². The summed E-state index contributed by atoms with van der Waals surface area (Å²) in [6.07, 6.45) is 9.59. The van der Waals surface area contributed by atoms with Crippen molar-refractivity contribution in [2.75, 3.05) is 13.1 Å². The Balaban J connectivity index is 1.77. The first-order valence-corrected chi connectivity index (χ1v) is 11.4. The molecule has 2 fully saturated rings.